The standard InChI is InChI=1S/C43H72/c1-36(2,3)27-24-28(37(4,5)6)26-29(25-27)43(22,23)35-33(41(16,17)18)31(39(10,11)12)30(38(7,8)9)32(40(13,14)15)34(35)42(19,20)21/h24-26H,1-23H3. The fraction of sp³-hybridized carbons (Fsp3) is 0.721. The maximum absolute atomic E-state index is 2.54. The van der Waals surface area contributed by atoms with Gasteiger partial charge in [0, 0.05) is 5.41 Å². The van der Waals surface area contributed by atoms with Gasteiger partial charge >= 0.3 is 0 Å². The molecule has 43 heavy (non-hydrogen) atoms. The van der Waals surface area contributed by atoms with Crippen LogP contribution in [-0.2, 0) is 43.3 Å². The van der Waals surface area contributed by atoms with E-state index < -0.39 is 0 Å². The lowest BCUT2D eigenvalue weighted by atomic mass is 9.55. The van der Waals surface area contributed by atoms with Gasteiger partial charge in [-0.1, -0.05) is 177 Å². The molecule has 244 valence electrons. The van der Waals surface area contributed by atoms with Crippen LogP contribution < -0.4 is 0 Å². The third-order valence-electron chi connectivity index (χ3n) is 9.26. The Morgan fingerprint density at radius 2 is 0.419 bits per heavy atom. The van der Waals surface area contributed by atoms with Gasteiger partial charge in [-0.05, 0) is 88.0 Å². The highest BCUT2D eigenvalue weighted by molar-refractivity contribution is 5.66. The number of hydrogen-bond acceptors (Lipinski definition) is 0. The second-order valence-corrected chi connectivity index (χ2v) is 21.4. The van der Waals surface area contributed by atoms with Crippen molar-refractivity contribution in [3.8, 4) is 0 Å². The molecule has 0 aliphatic rings. The Morgan fingerprint density at radius 3 is 0.605 bits per heavy atom. The molecule has 0 amide bonds. The molecular weight excluding hydrogens is 516 g/mol. The highest BCUT2D eigenvalue weighted by Crippen LogP contribution is 2.55. The SMILES string of the molecule is CC(C)(C)c1cc(C(C)(C)C)cc(C(C)(C)c2c(C(C)(C)C)c(C(C)(C)C)c(C(C)(C)C)c(C(C)(C)C)c2C(C)(C)C)c1. The molecule has 2 rings (SSSR count). The van der Waals surface area contributed by atoms with E-state index in [-0.39, 0.29) is 43.3 Å². The first kappa shape index (κ1) is 37.6. The topological polar surface area (TPSA) is 0 Å². The molecule has 0 saturated heterocycles. The summed E-state index contributed by atoms with van der Waals surface area (Å²) in [6, 6.07) is 7.55. The number of benzene rings is 2. The van der Waals surface area contributed by atoms with E-state index in [0.717, 1.165) is 0 Å². The van der Waals surface area contributed by atoms with Gasteiger partial charge in [-0.3, -0.25) is 0 Å². The van der Waals surface area contributed by atoms with E-state index in [2.05, 4.69) is 177 Å². The van der Waals surface area contributed by atoms with Crippen LogP contribution in [0.4, 0.5) is 0 Å². The Labute approximate surface area is 270 Å². The summed E-state index contributed by atoms with van der Waals surface area (Å²) < 4.78 is 0. The lowest BCUT2D eigenvalue weighted by Crippen LogP contribution is -2.40. The van der Waals surface area contributed by atoms with Gasteiger partial charge in [-0.2, -0.15) is 0 Å². The van der Waals surface area contributed by atoms with E-state index in [1.54, 1.807) is 33.4 Å². The van der Waals surface area contributed by atoms with Crippen LogP contribution in [-0.4, -0.2) is 0 Å². The van der Waals surface area contributed by atoms with Crippen LogP contribution in [0.15, 0.2) is 18.2 Å². The van der Waals surface area contributed by atoms with Crippen LogP contribution in [0.3, 0.4) is 0 Å². The van der Waals surface area contributed by atoms with E-state index in [0.29, 0.717) is 0 Å². The van der Waals surface area contributed by atoms with Gasteiger partial charge < -0.3 is 0 Å². The van der Waals surface area contributed by atoms with Crippen molar-refractivity contribution in [3.05, 3.63) is 68.3 Å². The molecule has 0 spiro atoms. The van der Waals surface area contributed by atoms with Gasteiger partial charge in [0.15, 0.2) is 0 Å². The molecule has 0 unspecified atom stereocenters. The van der Waals surface area contributed by atoms with Gasteiger partial charge in [0.2, 0.25) is 0 Å². The zero-order valence-electron chi connectivity index (χ0n) is 33.2. The van der Waals surface area contributed by atoms with Crippen LogP contribution in [0.2, 0.25) is 0 Å². The summed E-state index contributed by atoms with van der Waals surface area (Å²) in [5, 5.41) is 0. The summed E-state index contributed by atoms with van der Waals surface area (Å²) in [6.07, 6.45) is 0. The third-order valence-corrected chi connectivity index (χ3v) is 9.26. The van der Waals surface area contributed by atoms with Gasteiger partial charge in [0.05, 0.1) is 0 Å². The molecule has 2 aromatic carbocycles. The molecule has 0 heterocycles. The number of rotatable bonds is 2. The largest absolute Gasteiger partial charge is 0.0561 e. The molecule has 2 aromatic rings. The smallest absolute Gasteiger partial charge is 0.0152 e. The predicted octanol–water partition coefficient (Wildman–Crippen LogP) is 13.1. The second kappa shape index (κ2) is 10.8. The van der Waals surface area contributed by atoms with E-state index >= 15 is 0 Å². The van der Waals surface area contributed by atoms with E-state index in [1.807, 2.05) is 0 Å². The Kier molecular flexibility index (Phi) is 9.42. The zero-order valence-corrected chi connectivity index (χ0v) is 33.2. The Bertz CT molecular complexity index is 1240. The minimum atomic E-state index is -0.219. The average Bonchev–Trinajstić information content (AvgIpc) is 2.72. The summed E-state index contributed by atoms with van der Waals surface area (Å²) in [7, 11) is 0. The Hall–Kier alpha value is -1.56. The fourth-order valence-corrected chi connectivity index (χ4v) is 7.12. The lowest BCUT2D eigenvalue weighted by Gasteiger charge is -2.49. The monoisotopic (exact) mass is 589 g/mol. The highest BCUT2D eigenvalue weighted by atomic mass is 14.5. The van der Waals surface area contributed by atoms with E-state index in [4.69, 9.17) is 0 Å². The second-order valence-electron chi connectivity index (χ2n) is 21.4. The molecule has 0 atom stereocenters. The van der Waals surface area contributed by atoms with Gasteiger partial charge in [0.1, 0.15) is 0 Å². The van der Waals surface area contributed by atoms with Crippen molar-refractivity contribution < 1.29 is 0 Å². The van der Waals surface area contributed by atoms with Crippen molar-refractivity contribution >= 4 is 0 Å². The average molecular weight is 589 g/mol. The molecule has 0 heteroatoms. The van der Waals surface area contributed by atoms with E-state index in [1.165, 1.54) is 16.7 Å². The first-order chi connectivity index (χ1) is 18.5. The van der Waals surface area contributed by atoms with Crippen LogP contribution in [0.5, 0.6) is 0 Å². The molecule has 0 aromatic heterocycles. The van der Waals surface area contributed by atoms with Crippen LogP contribution in [0.1, 0.15) is 209 Å². The number of hydrogen-bond donors (Lipinski definition) is 0. The minimum absolute atomic E-state index is 0.000541. The maximum Gasteiger partial charge on any atom is 0.0152 e. The lowest BCUT2D eigenvalue weighted by molar-refractivity contribution is 0.440. The molecule has 0 aliphatic carbocycles. The first-order valence-electron chi connectivity index (χ1n) is 17.0. The Morgan fingerprint density at radius 1 is 0.233 bits per heavy atom. The Balaban J connectivity index is 3.59. The summed E-state index contributed by atoms with van der Waals surface area (Å²) in [6.45, 7) is 56.0. The minimum Gasteiger partial charge on any atom is -0.0561 e. The van der Waals surface area contributed by atoms with Crippen molar-refractivity contribution in [2.24, 2.45) is 0 Å². The van der Waals surface area contributed by atoms with Crippen molar-refractivity contribution in [1.29, 1.82) is 0 Å². The fourth-order valence-electron chi connectivity index (χ4n) is 7.12. The third kappa shape index (κ3) is 7.64. The maximum atomic E-state index is 2.54. The molecular formula is C43H72. The summed E-state index contributed by atoms with van der Waals surface area (Å²) in [5.74, 6) is 0. The zero-order chi connectivity index (χ0) is 34.3. The summed E-state index contributed by atoms with van der Waals surface area (Å²) in [4.78, 5) is 0. The van der Waals surface area contributed by atoms with E-state index in [9.17, 15) is 0 Å². The summed E-state index contributed by atoms with van der Waals surface area (Å²) in [5.41, 5.74) is 13.5. The van der Waals surface area contributed by atoms with Gasteiger partial charge in [-0.25, -0.2) is 0 Å². The molecule has 0 N–H and O–H groups in total. The summed E-state index contributed by atoms with van der Waals surface area (Å²) >= 11 is 0. The molecule has 0 radical (unpaired) electrons. The normalized spacial score (nSPS) is 14.9. The van der Waals surface area contributed by atoms with Crippen LogP contribution >= 0.6 is 0 Å². The van der Waals surface area contributed by atoms with Gasteiger partial charge in [0.25, 0.3) is 0 Å². The highest BCUT2D eigenvalue weighted by Gasteiger charge is 2.46. The first-order valence-corrected chi connectivity index (χ1v) is 17.0. The van der Waals surface area contributed by atoms with Crippen LogP contribution in [0, 0.1) is 0 Å². The molecule has 0 saturated carbocycles. The van der Waals surface area contributed by atoms with Gasteiger partial charge in [-0.15, -0.1) is 0 Å². The van der Waals surface area contributed by atoms with Crippen LogP contribution in [0.25, 0.3) is 0 Å². The molecule has 0 bridgehead atoms. The molecule has 0 aliphatic heterocycles. The quantitative estimate of drug-likeness (QED) is 0.327. The van der Waals surface area contributed by atoms with Crippen molar-refractivity contribution in [2.75, 3.05) is 0 Å². The predicted molar refractivity (Wildman–Crippen MR) is 196 cm³/mol. The van der Waals surface area contributed by atoms with Crippen molar-refractivity contribution in [3.63, 3.8) is 0 Å². The van der Waals surface area contributed by atoms with Crippen molar-refractivity contribution in [2.45, 2.75) is 203 Å². The molecule has 0 nitrogen and oxygen atoms in total. The molecule has 0 fully saturated rings. The van der Waals surface area contributed by atoms with Crippen molar-refractivity contribution in [1.82, 2.24) is 0 Å².